The van der Waals surface area contributed by atoms with Crippen LogP contribution in [0.2, 0.25) is 0 Å². The van der Waals surface area contributed by atoms with Crippen molar-refractivity contribution in [2.24, 2.45) is 0 Å². The van der Waals surface area contributed by atoms with E-state index < -0.39 is 6.04 Å². The summed E-state index contributed by atoms with van der Waals surface area (Å²) in [6.45, 7) is 4.42. The van der Waals surface area contributed by atoms with Crippen LogP contribution in [0.1, 0.15) is 22.8 Å². The number of nitrogens with zero attached hydrogens (tertiary/aromatic N) is 1. The van der Waals surface area contributed by atoms with Crippen LogP contribution in [0.5, 0.6) is 0 Å². The number of carbonyl (C=O) groups is 3. The molecule has 0 bridgehead atoms. The van der Waals surface area contributed by atoms with E-state index in [4.69, 9.17) is 0 Å². The summed E-state index contributed by atoms with van der Waals surface area (Å²) in [7, 11) is 0. The third-order valence-corrected chi connectivity index (χ3v) is 3.53. The van der Waals surface area contributed by atoms with E-state index >= 15 is 0 Å². The van der Waals surface area contributed by atoms with Gasteiger partial charge in [-0.2, -0.15) is 0 Å². The van der Waals surface area contributed by atoms with Crippen molar-refractivity contribution in [1.82, 2.24) is 15.5 Å². The molecule has 1 fully saturated rings. The van der Waals surface area contributed by atoms with Gasteiger partial charge in [0, 0.05) is 18.7 Å². The van der Waals surface area contributed by atoms with Crippen LogP contribution in [-0.2, 0) is 9.59 Å². The molecular weight excluding hydrogens is 270 g/mol. The fourth-order valence-corrected chi connectivity index (χ4v) is 2.19. The predicted octanol–water partition coefficient (Wildman–Crippen LogP) is 0.0717. The molecule has 1 saturated heterocycles. The first-order chi connectivity index (χ1) is 9.99. The van der Waals surface area contributed by atoms with E-state index in [1.165, 1.54) is 4.90 Å². The molecule has 0 aliphatic carbocycles. The molecule has 6 nitrogen and oxygen atoms in total. The summed E-state index contributed by atoms with van der Waals surface area (Å²) in [4.78, 5) is 37.0. The molecule has 0 spiro atoms. The Hall–Kier alpha value is -2.37. The minimum Gasteiger partial charge on any atom is -0.353 e. The topological polar surface area (TPSA) is 78.5 Å². The highest BCUT2D eigenvalue weighted by molar-refractivity contribution is 5.97. The molecule has 1 aliphatic heterocycles. The SMILES string of the molecule is Cc1ccc(C(=O)NCC(=O)N2CCNC(=O)C2C)cc1. The van der Waals surface area contributed by atoms with Gasteiger partial charge in [0.15, 0.2) is 0 Å². The maximum Gasteiger partial charge on any atom is 0.251 e. The van der Waals surface area contributed by atoms with Crippen molar-refractivity contribution in [2.75, 3.05) is 19.6 Å². The highest BCUT2D eigenvalue weighted by Crippen LogP contribution is 2.05. The number of aryl methyl sites for hydroxylation is 1. The highest BCUT2D eigenvalue weighted by Gasteiger charge is 2.29. The van der Waals surface area contributed by atoms with Gasteiger partial charge < -0.3 is 15.5 Å². The quantitative estimate of drug-likeness (QED) is 0.826. The van der Waals surface area contributed by atoms with Gasteiger partial charge in [-0.3, -0.25) is 14.4 Å². The monoisotopic (exact) mass is 289 g/mol. The second-order valence-corrected chi connectivity index (χ2v) is 5.10. The molecular formula is C15H19N3O3. The van der Waals surface area contributed by atoms with Crippen molar-refractivity contribution in [3.8, 4) is 0 Å². The van der Waals surface area contributed by atoms with Gasteiger partial charge in [-0.25, -0.2) is 0 Å². The molecule has 1 atom stereocenters. The van der Waals surface area contributed by atoms with E-state index in [0.29, 0.717) is 18.7 Å². The summed E-state index contributed by atoms with van der Waals surface area (Å²) in [6, 6.07) is 6.61. The molecule has 0 aromatic heterocycles. The number of carbonyl (C=O) groups excluding carboxylic acids is 3. The van der Waals surface area contributed by atoms with Gasteiger partial charge in [-0.05, 0) is 26.0 Å². The molecule has 112 valence electrons. The van der Waals surface area contributed by atoms with E-state index in [1.807, 2.05) is 19.1 Å². The van der Waals surface area contributed by atoms with Gasteiger partial charge in [0.05, 0.1) is 6.54 Å². The first kappa shape index (κ1) is 15.0. The summed E-state index contributed by atoms with van der Waals surface area (Å²) in [5, 5.41) is 5.28. The zero-order chi connectivity index (χ0) is 15.4. The minimum atomic E-state index is -0.498. The maximum atomic E-state index is 12.1. The zero-order valence-corrected chi connectivity index (χ0v) is 12.2. The van der Waals surface area contributed by atoms with E-state index in [1.54, 1.807) is 19.1 Å². The summed E-state index contributed by atoms with van der Waals surface area (Å²) >= 11 is 0. The molecule has 1 aromatic rings. The number of piperazine rings is 1. The van der Waals surface area contributed by atoms with Crippen molar-refractivity contribution >= 4 is 17.7 Å². The molecule has 1 heterocycles. The molecule has 6 heteroatoms. The Bertz CT molecular complexity index is 554. The van der Waals surface area contributed by atoms with Gasteiger partial charge in [0.25, 0.3) is 5.91 Å². The third-order valence-electron chi connectivity index (χ3n) is 3.53. The summed E-state index contributed by atoms with van der Waals surface area (Å²) < 4.78 is 0. The largest absolute Gasteiger partial charge is 0.353 e. The molecule has 1 aliphatic rings. The van der Waals surface area contributed by atoms with Crippen LogP contribution in [0.3, 0.4) is 0 Å². The lowest BCUT2D eigenvalue weighted by Gasteiger charge is -2.32. The lowest BCUT2D eigenvalue weighted by atomic mass is 10.1. The van der Waals surface area contributed by atoms with E-state index in [2.05, 4.69) is 10.6 Å². The molecule has 21 heavy (non-hydrogen) atoms. The van der Waals surface area contributed by atoms with Crippen LogP contribution in [0.25, 0.3) is 0 Å². The normalized spacial score (nSPS) is 18.1. The van der Waals surface area contributed by atoms with Crippen LogP contribution in [0.15, 0.2) is 24.3 Å². The Labute approximate surface area is 123 Å². The number of rotatable bonds is 3. The molecule has 1 unspecified atom stereocenters. The van der Waals surface area contributed by atoms with Gasteiger partial charge in [0.2, 0.25) is 11.8 Å². The maximum absolute atomic E-state index is 12.1. The summed E-state index contributed by atoms with van der Waals surface area (Å²) in [5.74, 6) is -0.713. The number of hydrogen-bond acceptors (Lipinski definition) is 3. The Morgan fingerprint density at radius 3 is 2.67 bits per heavy atom. The summed E-state index contributed by atoms with van der Waals surface area (Å²) in [6.07, 6.45) is 0. The summed E-state index contributed by atoms with van der Waals surface area (Å²) in [5.41, 5.74) is 1.58. The third kappa shape index (κ3) is 3.59. The first-order valence-corrected chi connectivity index (χ1v) is 6.91. The van der Waals surface area contributed by atoms with Gasteiger partial charge >= 0.3 is 0 Å². The van der Waals surface area contributed by atoms with Gasteiger partial charge in [-0.1, -0.05) is 17.7 Å². The van der Waals surface area contributed by atoms with Crippen LogP contribution in [0, 0.1) is 6.92 Å². The van der Waals surface area contributed by atoms with E-state index in [9.17, 15) is 14.4 Å². The van der Waals surface area contributed by atoms with Crippen LogP contribution < -0.4 is 10.6 Å². The Kier molecular flexibility index (Phi) is 4.57. The van der Waals surface area contributed by atoms with Crippen molar-refractivity contribution in [3.05, 3.63) is 35.4 Å². The predicted molar refractivity (Wildman–Crippen MR) is 77.7 cm³/mol. The Morgan fingerprint density at radius 2 is 2.00 bits per heavy atom. The van der Waals surface area contributed by atoms with Crippen molar-refractivity contribution in [2.45, 2.75) is 19.9 Å². The van der Waals surface area contributed by atoms with E-state index in [0.717, 1.165) is 5.56 Å². The smallest absolute Gasteiger partial charge is 0.251 e. The minimum absolute atomic E-state index is 0.107. The molecule has 2 rings (SSSR count). The lowest BCUT2D eigenvalue weighted by molar-refractivity contribution is -0.141. The lowest BCUT2D eigenvalue weighted by Crippen LogP contribution is -2.57. The highest BCUT2D eigenvalue weighted by atomic mass is 16.2. The van der Waals surface area contributed by atoms with Crippen LogP contribution in [0.4, 0.5) is 0 Å². The average molecular weight is 289 g/mol. The Balaban J connectivity index is 1.90. The van der Waals surface area contributed by atoms with E-state index in [-0.39, 0.29) is 24.3 Å². The van der Waals surface area contributed by atoms with Gasteiger partial charge in [0.1, 0.15) is 6.04 Å². The van der Waals surface area contributed by atoms with Crippen molar-refractivity contribution < 1.29 is 14.4 Å². The number of benzene rings is 1. The van der Waals surface area contributed by atoms with Crippen LogP contribution >= 0.6 is 0 Å². The number of nitrogens with one attached hydrogen (secondary N) is 2. The number of hydrogen-bond donors (Lipinski definition) is 2. The molecule has 1 aromatic carbocycles. The standard InChI is InChI=1S/C15H19N3O3/c1-10-3-5-12(6-4-10)15(21)17-9-13(19)18-8-7-16-14(20)11(18)2/h3-6,11H,7-9H2,1-2H3,(H,16,20)(H,17,21). The molecule has 3 amide bonds. The van der Waals surface area contributed by atoms with Crippen molar-refractivity contribution in [3.63, 3.8) is 0 Å². The average Bonchev–Trinajstić information content (AvgIpc) is 2.48. The Morgan fingerprint density at radius 1 is 1.33 bits per heavy atom. The number of amides is 3. The first-order valence-electron chi connectivity index (χ1n) is 6.91. The molecule has 0 radical (unpaired) electrons. The van der Waals surface area contributed by atoms with Crippen molar-refractivity contribution in [1.29, 1.82) is 0 Å². The van der Waals surface area contributed by atoms with Gasteiger partial charge in [-0.15, -0.1) is 0 Å². The molecule has 2 N–H and O–H groups in total. The fraction of sp³-hybridized carbons (Fsp3) is 0.400. The zero-order valence-electron chi connectivity index (χ0n) is 12.2. The molecule has 0 saturated carbocycles. The van der Waals surface area contributed by atoms with Crippen LogP contribution in [-0.4, -0.2) is 48.3 Å². The fourth-order valence-electron chi connectivity index (χ4n) is 2.19. The second kappa shape index (κ2) is 6.39. The second-order valence-electron chi connectivity index (χ2n) is 5.10.